The molecule has 2 aromatic heterocycles. The highest BCUT2D eigenvalue weighted by Gasteiger charge is 2.28. The van der Waals surface area contributed by atoms with E-state index < -0.39 is 0 Å². The molecule has 1 fully saturated rings. The van der Waals surface area contributed by atoms with Crippen LogP contribution >= 0.6 is 0 Å². The Morgan fingerprint density at radius 1 is 1.42 bits per heavy atom. The monoisotopic (exact) mass is 331 g/mol. The van der Waals surface area contributed by atoms with Crippen molar-refractivity contribution in [3.63, 3.8) is 0 Å². The number of ether oxygens (including phenoxy) is 1. The Morgan fingerprint density at radius 3 is 2.92 bits per heavy atom. The highest BCUT2D eigenvalue weighted by atomic mass is 16.5. The fraction of sp³-hybridized carbons (Fsp3) is 0.647. The first-order chi connectivity index (χ1) is 11.5. The highest BCUT2D eigenvalue weighted by molar-refractivity contribution is 5.77. The van der Waals surface area contributed by atoms with Crippen molar-refractivity contribution in [3.05, 3.63) is 12.2 Å². The number of imidazole rings is 1. The van der Waals surface area contributed by atoms with Crippen LogP contribution in [-0.4, -0.2) is 49.5 Å². The lowest BCUT2D eigenvalue weighted by Gasteiger charge is -2.16. The molecule has 0 saturated carbocycles. The van der Waals surface area contributed by atoms with Crippen molar-refractivity contribution in [1.29, 1.82) is 0 Å². The summed E-state index contributed by atoms with van der Waals surface area (Å²) in [6.07, 6.45) is 3.72. The maximum atomic E-state index is 11.8. The molecule has 1 aliphatic rings. The molecule has 130 valence electrons. The number of aryl methyl sites for hydroxylation is 1. The molecule has 0 aromatic carbocycles. The van der Waals surface area contributed by atoms with E-state index in [1.807, 2.05) is 23.4 Å². The standard InChI is InChI=1S/C17H25N5O2/c1-5-14(23)22-7-6-12(9-22)24-17-15-16(18-10-19-17)21(4)13(20-15)8-11(2)3/h10-12H,5-9H2,1-4H3/t12-/m0/s1. The van der Waals surface area contributed by atoms with Crippen LogP contribution < -0.4 is 4.74 Å². The number of fused-ring (bicyclic) bond motifs is 1. The van der Waals surface area contributed by atoms with Crippen LogP contribution in [0.1, 0.15) is 39.4 Å². The Morgan fingerprint density at radius 2 is 2.21 bits per heavy atom. The fourth-order valence-electron chi connectivity index (χ4n) is 3.09. The van der Waals surface area contributed by atoms with E-state index in [9.17, 15) is 4.79 Å². The second-order valence-electron chi connectivity index (χ2n) is 6.76. The van der Waals surface area contributed by atoms with E-state index in [1.54, 1.807) is 0 Å². The molecule has 0 bridgehead atoms. The minimum Gasteiger partial charge on any atom is -0.471 e. The number of aromatic nitrogens is 4. The number of hydrogen-bond acceptors (Lipinski definition) is 5. The first kappa shape index (κ1) is 16.7. The van der Waals surface area contributed by atoms with Crippen LogP contribution in [0.4, 0.5) is 0 Å². The molecule has 3 heterocycles. The normalized spacial score (nSPS) is 17.9. The summed E-state index contributed by atoms with van der Waals surface area (Å²) in [7, 11) is 1.97. The molecule has 0 aliphatic carbocycles. The van der Waals surface area contributed by atoms with E-state index in [-0.39, 0.29) is 12.0 Å². The molecule has 1 aliphatic heterocycles. The largest absolute Gasteiger partial charge is 0.471 e. The van der Waals surface area contributed by atoms with Gasteiger partial charge in [0.1, 0.15) is 18.3 Å². The summed E-state index contributed by atoms with van der Waals surface area (Å²) < 4.78 is 8.07. The van der Waals surface area contributed by atoms with Crippen molar-refractivity contribution in [1.82, 2.24) is 24.4 Å². The van der Waals surface area contributed by atoms with E-state index in [0.717, 1.165) is 30.9 Å². The first-order valence-electron chi connectivity index (χ1n) is 8.60. The number of nitrogens with zero attached hydrogens (tertiary/aromatic N) is 5. The SMILES string of the molecule is CCC(=O)N1CC[C@H](Oc2ncnc3c2nc(CC(C)C)n3C)C1. The Kier molecular flexibility index (Phi) is 4.69. The molecule has 3 rings (SSSR count). The summed E-state index contributed by atoms with van der Waals surface area (Å²) in [5.41, 5.74) is 1.49. The maximum Gasteiger partial charge on any atom is 0.245 e. The fourth-order valence-corrected chi connectivity index (χ4v) is 3.09. The van der Waals surface area contributed by atoms with Crippen LogP contribution in [0, 0.1) is 5.92 Å². The lowest BCUT2D eigenvalue weighted by molar-refractivity contribution is -0.130. The average Bonchev–Trinajstić information content (AvgIpc) is 3.13. The summed E-state index contributed by atoms with van der Waals surface area (Å²) in [5.74, 6) is 2.19. The van der Waals surface area contributed by atoms with Crippen molar-refractivity contribution in [2.75, 3.05) is 13.1 Å². The van der Waals surface area contributed by atoms with Gasteiger partial charge in [-0.3, -0.25) is 4.79 Å². The molecule has 24 heavy (non-hydrogen) atoms. The minimum atomic E-state index is -0.0332. The van der Waals surface area contributed by atoms with Gasteiger partial charge in [-0.15, -0.1) is 0 Å². The number of amides is 1. The van der Waals surface area contributed by atoms with Gasteiger partial charge in [-0.1, -0.05) is 20.8 Å². The molecule has 2 aromatic rings. The molecule has 0 N–H and O–H groups in total. The van der Waals surface area contributed by atoms with Gasteiger partial charge in [-0.05, 0) is 5.92 Å². The Balaban J connectivity index is 1.81. The van der Waals surface area contributed by atoms with Gasteiger partial charge in [0.25, 0.3) is 0 Å². The Hall–Kier alpha value is -2.18. The lowest BCUT2D eigenvalue weighted by Crippen LogP contribution is -2.30. The van der Waals surface area contributed by atoms with Crippen LogP contribution in [0.5, 0.6) is 5.88 Å². The highest BCUT2D eigenvalue weighted by Crippen LogP contribution is 2.25. The molecular formula is C17H25N5O2. The predicted octanol–water partition coefficient (Wildman–Crippen LogP) is 1.95. The topological polar surface area (TPSA) is 73.1 Å². The molecule has 7 heteroatoms. The minimum absolute atomic E-state index is 0.0332. The first-order valence-corrected chi connectivity index (χ1v) is 8.60. The van der Waals surface area contributed by atoms with E-state index in [1.165, 1.54) is 6.33 Å². The summed E-state index contributed by atoms with van der Waals surface area (Å²) in [5, 5.41) is 0. The number of hydrogen-bond donors (Lipinski definition) is 0. The summed E-state index contributed by atoms with van der Waals surface area (Å²) in [4.78, 5) is 27.0. The van der Waals surface area contributed by atoms with E-state index >= 15 is 0 Å². The average molecular weight is 331 g/mol. The van der Waals surface area contributed by atoms with Crippen LogP contribution in [0.25, 0.3) is 11.2 Å². The Labute approximate surface area is 142 Å². The Bertz CT molecular complexity index is 740. The third kappa shape index (κ3) is 3.20. The zero-order chi connectivity index (χ0) is 17.3. The number of rotatable bonds is 5. The molecule has 0 radical (unpaired) electrons. The summed E-state index contributed by atoms with van der Waals surface area (Å²) >= 11 is 0. The molecule has 0 spiro atoms. The predicted molar refractivity (Wildman–Crippen MR) is 90.8 cm³/mol. The van der Waals surface area contributed by atoms with Gasteiger partial charge in [0.05, 0.1) is 6.54 Å². The second kappa shape index (κ2) is 6.75. The van der Waals surface area contributed by atoms with Gasteiger partial charge in [0.15, 0.2) is 11.2 Å². The molecular weight excluding hydrogens is 306 g/mol. The summed E-state index contributed by atoms with van der Waals surface area (Å²) in [6.45, 7) is 7.57. The summed E-state index contributed by atoms with van der Waals surface area (Å²) in [6, 6.07) is 0. The lowest BCUT2D eigenvalue weighted by atomic mass is 10.1. The third-order valence-corrected chi connectivity index (χ3v) is 4.38. The zero-order valence-electron chi connectivity index (χ0n) is 14.8. The molecule has 1 saturated heterocycles. The van der Waals surface area contributed by atoms with Crippen molar-refractivity contribution >= 4 is 17.1 Å². The molecule has 1 amide bonds. The van der Waals surface area contributed by atoms with Crippen molar-refractivity contribution in [3.8, 4) is 5.88 Å². The molecule has 1 atom stereocenters. The van der Waals surface area contributed by atoms with Gasteiger partial charge in [0, 0.05) is 32.9 Å². The smallest absolute Gasteiger partial charge is 0.245 e. The number of likely N-dealkylation sites (tertiary alicyclic amines) is 1. The van der Waals surface area contributed by atoms with E-state index in [2.05, 4.69) is 23.8 Å². The van der Waals surface area contributed by atoms with Crippen molar-refractivity contribution in [2.24, 2.45) is 13.0 Å². The van der Waals surface area contributed by atoms with Crippen LogP contribution in [0.3, 0.4) is 0 Å². The third-order valence-electron chi connectivity index (χ3n) is 4.38. The second-order valence-corrected chi connectivity index (χ2v) is 6.76. The number of carbonyl (C=O) groups is 1. The van der Waals surface area contributed by atoms with Gasteiger partial charge >= 0.3 is 0 Å². The van der Waals surface area contributed by atoms with E-state index in [4.69, 9.17) is 9.72 Å². The van der Waals surface area contributed by atoms with Gasteiger partial charge in [-0.2, -0.15) is 4.98 Å². The van der Waals surface area contributed by atoms with E-state index in [0.29, 0.717) is 30.3 Å². The van der Waals surface area contributed by atoms with Crippen molar-refractivity contribution in [2.45, 2.75) is 46.1 Å². The van der Waals surface area contributed by atoms with Crippen molar-refractivity contribution < 1.29 is 9.53 Å². The molecule has 7 nitrogen and oxygen atoms in total. The van der Waals surface area contributed by atoms with Gasteiger partial charge in [-0.25, -0.2) is 9.97 Å². The van der Waals surface area contributed by atoms with Crippen LogP contribution in [0.15, 0.2) is 6.33 Å². The number of carbonyl (C=O) groups excluding carboxylic acids is 1. The zero-order valence-corrected chi connectivity index (χ0v) is 14.8. The van der Waals surface area contributed by atoms with Gasteiger partial charge in [0.2, 0.25) is 11.8 Å². The quantitative estimate of drug-likeness (QED) is 0.837. The maximum absolute atomic E-state index is 11.8. The van der Waals surface area contributed by atoms with Gasteiger partial charge < -0.3 is 14.2 Å². The van der Waals surface area contributed by atoms with Crippen LogP contribution in [-0.2, 0) is 18.3 Å². The molecule has 0 unspecified atom stereocenters. The van der Waals surface area contributed by atoms with Crippen LogP contribution in [0.2, 0.25) is 0 Å².